The predicted molar refractivity (Wildman–Crippen MR) is 76.5 cm³/mol. The smallest absolute Gasteiger partial charge is 0.273 e. The largest absolute Gasteiger partial charge is 0.291 e. The van der Waals surface area contributed by atoms with Crippen molar-refractivity contribution in [2.75, 3.05) is 0 Å². The maximum atomic E-state index is 11.7. The number of hydrogen-bond acceptors (Lipinski definition) is 5. The quantitative estimate of drug-likeness (QED) is 0.895. The van der Waals surface area contributed by atoms with E-state index >= 15 is 0 Å². The monoisotopic (exact) mass is 305 g/mol. The third-order valence-electron chi connectivity index (χ3n) is 2.83. The van der Waals surface area contributed by atoms with E-state index in [9.17, 15) is 8.42 Å². The molecule has 0 fully saturated rings. The first kappa shape index (κ1) is 15.2. The van der Waals surface area contributed by atoms with Gasteiger partial charge in [-0.1, -0.05) is 0 Å². The third-order valence-corrected chi connectivity index (χ3v) is 3.60. The Hall–Kier alpha value is -2.24. The number of nitrogens with zero attached hydrogens (tertiary/aromatic N) is 4. The number of sulfonamides is 1. The number of hydrogen-bond donors (Lipinski definition) is 1. The van der Waals surface area contributed by atoms with Gasteiger partial charge in [0.05, 0.1) is 11.6 Å². The van der Waals surface area contributed by atoms with Crippen LogP contribution in [0.15, 0.2) is 29.4 Å². The van der Waals surface area contributed by atoms with Crippen LogP contribution in [-0.2, 0) is 15.6 Å². The van der Waals surface area contributed by atoms with E-state index < -0.39 is 15.6 Å². The summed E-state index contributed by atoms with van der Waals surface area (Å²) in [5.41, 5.74) is 0.590. The molecular formula is C13H15N5O2S. The average Bonchev–Trinajstić information content (AvgIpc) is 2.83. The zero-order valence-corrected chi connectivity index (χ0v) is 12.7. The topological polar surface area (TPSA) is 115 Å². The number of nitriles is 1. The molecule has 110 valence electrons. The molecule has 0 radical (unpaired) electrons. The first-order chi connectivity index (χ1) is 9.64. The molecule has 0 atom stereocenters. The van der Waals surface area contributed by atoms with Crippen LogP contribution >= 0.6 is 0 Å². The molecule has 2 aromatic rings. The van der Waals surface area contributed by atoms with Crippen molar-refractivity contribution in [2.45, 2.75) is 31.5 Å². The number of benzene rings is 1. The second kappa shape index (κ2) is 4.95. The van der Waals surface area contributed by atoms with E-state index in [1.54, 1.807) is 24.3 Å². The lowest BCUT2D eigenvalue weighted by Gasteiger charge is -2.24. The molecule has 2 rings (SSSR count). The minimum absolute atomic E-state index is 0.283. The van der Waals surface area contributed by atoms with Gasteiger partial charge in [0, 0.05) is 11.1 Å². The van der Waals surface area contributed by atoms with E-state index in [4.69, 9.17) is 10.4 Å². The van der Waals surface area contributed by atoms with Crippen LogP contribution in [0.3, 0.4) is 0 Å². The molecule has 8 heteroatoms. The Bertz CT molecular complexity index is 808. The van der Waals surface area contributed by atoms with Gasteiger partial charge >= 0.3 is 0 Å². The molecule has 0 aliphatic rings. The first-order valence-electron chi connectivity index (χ1n) is 6.14. The second-order valence-corrected chi connectivity index (χ2v) is 7.00. The van der Waals surface area contributed by atoms with Gasteiger partial charge in [0.25, 0.3) is 15.2 Å². The van der Waals surface area contributed by atoms with Crippen LogP contribution in [0.5, 0.6) is 0 Å². The summed E-state index contributed by atoms with van der Waals surface area (Å²) in [5, 5.41) is 21.4. The maximum Gasteiger partial charge on any atom is 0.273 e. The van der Waals surface area contributed by atoms with E-state index in [0.29, 0.717) is 17.0 Å². The molecule has 0 aliphatic carbocycles. The summed E-state index contributed by atoms with van der Waals surface area (Å²) in [6.07, 6.45) is 0. The van der Waals surface area contributed by atoms with Crippen molar-refractivity contribution in [1.29, 1.82) is 5.26 Å². The normalized spacial score (nSPS) is 12.1. The molecule has 7 nitrogen and oxygen atoms in total. The average molecular weight is 305 g/mol. The Labute approximate surface area is 123 Å². The summed E-state index contributed by atoms with van der Waals surface area (Å²) in [6.45, 7) is 5.49. The van der Waals surface area contributed by atoms with Crippen molar-refractivity contribution in [1.82, 2.24) is 14.8 Å². The van der Waals surface area contributed by atoms with Gasteiger partial charge in [-0.3, -0.25) is 4.57 Å². The van der Waals surface area contributed by atoms with Crippen LogP contribution in [0.4, 0.5) is 0 Å². The molecule has 21 heavy (non-hydrogen) atoms. The summed E-state index contributed by atoms with van der Waals surface area (Å²) in [7, 11) is -3.98. The Morgan fingerprint density at radius 3 is 2.19 bits per heavy atom. The lowest BCUT2D eigenvalue weighted by atomic mass is 10.1. The first-order valence-corrected chi connectivity index (χ1v) is 7.68. The Balaban J connectivity index is 2.70. The fraction of sp³-hybridized carbons (Fsp3) is 0.308. The fourth-order valence-electron chi connectivity index (χ4n) is 1.94. The van der Waals surface area contributed by atoms with Crippen molar-refractivity contribution < 1.29 is 8.42 Å². The lowest BCUT2D eigenvalue weighted by Crippen LogP contribution is -2.29. The minimum Gasteiger partial charge on any atom is -0.291 e. The van der Waals surface area contributed by atoms with Gasteiger partial charge in [0.15, 0.2) is 5.82 Å². The standard InChI is InChI=1S/C13H15N5O2S/c1-13(2,3)18-11(16-17-12(18)21(15,19)20)10-6-4-9(8-14)5-7-10/h4-7H,1-3H3,(H2,15,19,20). The SMILES string of the molecule is CC(C)(C)n1c(-c2ccc(C#N)cc2)nnc1S(N)(=O)=O. The summed E-state index contributed by atoms with van der Waals surface area (Å²) < 4.78 is 24.8. The second-order valence-electron chi connectivity index (χ2n) is 5.55. The molecule has 0 saturated heterocycles. The number of nitrogens with two attached hydrogens (primary N) is 1. The molecule has 0 bridgehead atoms. The highest BCUT2D eigenvalue weighted by molar-refractivity contribution is 7.89. The molecule has 0 aliphatic heterocycles. The van der Waals surface area contributed by atoms with Gasteiger partial charge in [-0.15, -0.1) is 10.2 Å². The summed E-state index contributed by atoms with van der Waals surface area (Å²) in [5.74, 6) is 0.385. The molecular weight excluding hydrogens is 290 g/mol. The highest BCUT2D eigenvalue weighted by Crippen LogP contribution is 2.27. The van der Waals surface area contributed by atoms with Gasteiger partial charge in [-0.05, 0) is 45.0 Å². The highest BCUT2D eigenvalue weighted by atomic mass is 32.2. The van der Waals surface area contributed by atoms with E-state index in [2.05, 4.69) is 10.2 Å². The molecule has 1 heterocycles. The zero-order valence-electron chi connectivity index (χ0n) is 11.9. The van der Waals surface area contributed by atoms with Crippen LogP contribution < -0.4 is 5.14 Å². The highest BCUT2D eigenvalue weighted by Gasteiger charge is 2.29. The van der Waals surface area contributed by atoms with Crippen LogP contribution in [0, 0.1) is 11.3 Å². The molecule has 1 aromatic carbocycles. The van der Waals surface area contributed by atoms with E-state index in [1.165, 1.54) is 4.57 Å². The van der Waals surface area contributed by atoms with Crippen molar-refractivity contribution in [3.8, 4) is 17.5 Å². The molecule has 0 amide bonds. The molecule has 0 spiro atoms. The van der Waals surface area contributed by atoms with Crippen molar-refractivity contribution in [2.24, 2.45) is 5.14 Å². The molecule has 0 saturated carbocycles. The van der Waals surface area contributed by atoms with E-state index in [0.717, 1.165) is 0 Å². The van der Waals surface area contributed by atoms with Gasteiger partial charge in [0.1, 0.15) is 0 Å². The third kappa shape index (κ3) is 2.94. The van der Waals surface area contributed by atoms with E-state index in [-0.39, 0.29) is 5.16 Å². The Morgan fingerprint density at radius 1 is 1.19 bits per heavy atom. The molecule has 1 aromatic heterocycles. The van der Waals surface area contributed by atoms with Crippen LogP contribution in [0.25, 0.3) is 11.4 Å². The summed E-state index contributed by atoms with van der Waals surface area (Å²) in [6, 6.07) is 8.67. The van der Waals surface area contributed by atoms with Gasteiger partial charge in [-0.25, -0.2) is 13.6 Å². The van der Waals surface area contributed by atoms with Crippen molar-refractivity contribution in [3.05, 3.63) is 29.8 Å². The predicted octanol–water partition coefficient (Wildman–Crippen LogP) is 1.22. The Kier molecular flexibility index (Phi) is 3.57. The molecule has 0 unspecified atom stereocenters. The Morgan fingerprint density at radius 2 is 1.76 bits per heavy atom. The minimum atomic E-state index is -3.98. The summed E-state index contributed by atoms with van der Waals surface area (Å²) in [4.78, 5) is 0. The fourth-order valence-corrected chi connectivity index (χ4v) is 2.71. The lowest BCUT2D eigenvalue weighted by molar-refractivity contribution is 0.366. The van der Waals surface area contributed by atoms with Gasteiger partial charge in [0.2, 0.25) is 0 Å². The van der Waals surface area contributed by atoms with Crippen LogP contribution in [0.1, 0.15) is 26.3 Å². The van der Waals surface area contributed by atoms with Crippen molar-refractivity contribution >= 4 is 10.0 Å². The molecule has 2 N–H and O–H groups in total. The van der Waals surface area contributed by atoms with Crippen LogP contribution in [-0.4, -0.2) is 23.2 Å². The number of primary sulfonamides is 1. The maximum absolute atomic E-state index is 11.7. The van der Waals surface area contributed by atoms with Gasteiger partial charge in [-0.2, -0.15) is 5.26 Å². The van der Waals surface area contributed by atoms with Crippen LogP contribution in [0.2, 0.25) is 0 Å². The van der Waals surface area contributed by atoms with Gasteiger partial charge < -0.3 is 0 Å². The zero-order chi connectivity index (χ0) is 15.8. The summed E-state index contributed by atoms with van der Waals surface area (Å²) >= 11 is 0. The number of rotatable bonds is 2. The van der Waals surface area contributed by atoms with E-state index in [1.807, 2.05) is 26.8 Å². The number of aromatic nitrogens is 3. The van der Waals surface area contributed by atoms with Crippen molar-refractivity contribution in [3.63, 3.8) is 0 Å².